The fourth-order valence-corrected chi connectivity index (χ4v) is 3.20. The smallest absolute Gasteiger partial charge is 0.305 e. The van der Waals surface area contributed by atoms with Crippen LogP contribution in [0.2, 0.25) is 0 Å². The molecule has 0 saturated carbocycles. The van der Waals surface area contributed by atoms with Crippen LogP contribution in [0.4, 0.5) is 0 Å². The normalized spacial score (nSPS) is 11.9. The Morgan fingerprint density at radius 1 is 1.39 bits per heavy atom. The van der Waals surface area contributed by atoms with Crippen molar-refractivity contribution >= 4 is 38.8 Å². The lowest BCUT2D eigenvalue weighted by molar-refractivity contribution is -0.143. The molecular formula is C13H21BrO3S. The predicted molar refractivity (Wildman–Crippen MR) is 79.8 cm³/mol. The summed E-state index contributed by atoms with van der Waals surface area (Å²) in [4.78, 5) is 22.2. The number of esters is 1. The maximum atomic E-state index is 11.1. The van der Waals surface area contributed by atoms with Crippen LogP contribution in [-0.4, -0.2) is 22.9 Å². The molecule has 0 aliphatic carbocycles. The molecular weight excluding hydrogens is 316 g/mol. The van der Waals surface area contributed by atoms with Gasteiger partial charge >= 0.3 is 5.97 Å². The maximum Gasteiger partial charge on any atom is 0.305 e. The van der Waals surface area contributed by atoms with E-state index in [2.05, 4.69) is 22.5 Å². The zero-order chi connectivity index (χ0) is 14.0. The highest BCUT2D eigenvalue weighted by molar-refractivity contribution is 9.11. The number of thioether (sulfide) groups is 1. The highest BCUT2D eigenvalue weighted by Gasteiger charge is 2.13. The fraction of sp³-hybridized carbons (Fsp3) is 0.692. The number of unbranched alkanes of at least 4 members (excludes halogenated alkanes) is 1. The van der Waals surface area contributed by atoms with Crippen molar-refractivity contribution in [3.05, 3.63) is 11.1 Å². The van der Waals surface area contributed by atoms with Gasteiger partial charge in [-0.1, -0.05) is 40.7 Å². The fourth-order valence-electron chi connectivity index (χ4n) is 1.56. The molecule has 0 bridgehead atoms. The molecule has 0 heterocycles. The third-order valence-electron chi connectivity index (χ3n) is 2.24. The third-order valence-corrected chi connectivity index (χ3v) is 3.64. The summed E-state index contributed by atoms with van der Waals surface area (Å²) in [5.74, 6) is -0.141. The minimum atomic E-state index is -0.141. The summed E-state index contributed by atoms with van der Waals surface area (Å²) in [6.07, 6.45) is 3.88. The van der Waals surface area contributed by atoms with E-state index in [1.165, 1.54) is 11.8 Å². The zero-order valence-corrected chi connectivity index (χ0v) is 13.4. The highest BCUT2D eigenvalue weighted by atomic mass is 79.9. The number of carbonyl (C=O) groups is 2. The summed E-state index contributed by atoms with van der Waals surface area (Å²) in [7, 11) is 0. The van der Waals surface area contributed by atoms with E-state index >= 15 is 0 Å². The van der Waals surface area contributed by atoms with Gasteiger partial charge < -0.3 is 4.74 Å². The van der Waals surface area contributed by atoms with Gasteiger partial charge in [-0.3, -0.25) is 9.59 Å². The van der Waals surface area contributed by atoms with E-state index in [0.717, 1.165) is 30.2 Å². The standard InChI is InChI=1S/C13H21BrO3S/c1-4-17-13(16)8-6-5-7-12(9-10(2)14)18-11(3)15/h12H,2,4-9H2,1,3H3. The summed E-state index contributed by atoms with van der Waals surface area (Å²) in [5.41, 5.74) is 0. The third kappa shape index (κ3) is 10.8. The van der Waals surface area contributed by atoms with Crippen LogP contribution in [0.25, 0.3) is 0 Å². The number of hydrogen-bond donors (Lipinski definition) is 0. The highest BCUT2D eigenvalue weighted by Crippen LogP contribution is 2.26. The van der Waals surface area contributed by atoms with Crippen molar-refractivity contribution in [1.29, 1.82) is 0 Å². The Morgan fingerprint density at radius 3 is 2.56 bits per heavy atom. The number of allylic oxidation sites excluding steroid dienone is 1. The number of hydrogen-bond acceptors (Lipinski definition) is 4. The Morgan fingerprint density at radius 2 is 2.06 bits per heavy atom. The summed E-state index contributed by atoms with van der Waals surface area (Å²) in [5, 5.41) is 0.371. The van der Waals surface area contributed by atoms with Crippen molar-refractivity contribution in [2.75, 3.05) is 6.61 Å². The van der Waals surface area contributed by atoms with Crippen LogP contribution in [0.15, 0.2) is 11.1 Å². The van der Waals surface area contributed by atoms with Crippen LogP contribution in [0.3, 0.4) is 0 Å². The van der Waals surface area contributed by atoms with Crippen LogP contribution in [0.5, 0.6) is 0 Å². The van der Waals surface area contributed by atoms with Crippen molar-refractivity contribution in [2.24, 2.45) is 0 Å². The topological polar surface area (TPSA) is 43.4 Å². The van der Waals surface area contributed by atoms with E-state index < -0.39 is 0 Å². The molecule has 0 aromatic heterocycles. The number of carbonyl (C=O) groups excluding carboxylic acids is 2. The molecule has 104 valence electrons. The second-order valence-electron chi connectivity index (χ2n) is 4.00. The molecule has 0 aliphatic heterocycles. The molecule has 1 unspecified atom stereocenters. The van der Waals surface area contributed by atoms with Gasteiger partial charge in [-0.15, -0.1) is 0 Å². The van der Waals surface area contributed by atoms with E-state index in [0.29, 0.717) is 13.0 Å². The van der Waals surface area contributed by atoms with Crippen molar-refractivity contribution in [3.63, 3.8) is 0 Å². The Balaban J connectivity index is 3.85. The van der Waals surface area contributed by atoms with Gasteiger partial charge in [0.1, 0.15) is 0 Å². The molecule has 0 N–H and O–H groups in total. The quantitative estimate of drug-likeness (QED) is 0.470. The molecule has 1 atom stereocenters. The lowest BCUT2D eigenvalue weighted by Gasteiger charge is -2.13. The zero-order valence-electron chi connectivity index (χ0n) is 11.0. The lowest BCUT2D eigenvalue weighted by atomic mass is 10.1. The molecule has 5 heteroatoms. The number of ether oxygens (including phenoxy) is 1. The first-order valence-electron chi connectivity index (χ1n) is 6.11. The molecule has 0 radical (unpaired) electrons. The molecule has 18 heavy (non-hydrogen) atoms. The largest absolute Gasteiger partial charge is 0.466 e. The average molecular weight is 337 g/mol. The summed E-state index contributed by atoms with van der Waals surface area (Å²) < 4.78 is 5.77. The van der Waals surface area contributed by atoms with Crippen molar-refractivity contribution in [1.82, 2.24) is 0 Å². The Bertz CT molecular complexity index is 276. The molecule has 0 saturated heterocycles. The summed E-state index contributed by atoms with van der Waals surface area (Å²) in [6.45, 7) is 7.62. The molecule has 0 amide bonds. The van der Waals surface area contributed by atoms with E-state index in [4.69, 9.17) is 4.74 Å². The van der Waals surface area contributed by atoms with E-state index in [1.54, 1.807) is 13.8 Å². The lowest BCUT2D eigenvalue weighted by Crippen LogP contribution is -2.07. The second kappa shape index (κ2) is 10.6. The van der Waals surface area contributed by atoms with Crippen LogP contribution in [0.1, 0.15) is 46.0 Å². The second-order valence-corrected chi connectivity index (χ2v) is 6.60. The number of rotatable bonds is 9. The molecule has 0 fully saturated rings. The van der Waals surface area contributed by atoms with E-state index in [-0.39, 0.29) is 16.3 Å². The first-order chi connectivity index (χ1) is 8.45. The predicted octanol–water partition coefficient (Wildman–Crippen LogP) is 4.06. The van der Waals surface area contributed by atoms with Gasteiger partial charge in [0.2, 0.25) is 0 Å². The van der Waals surface area contributed by atoms with Gasteiger partial charge in [0, 0.05) is 18.6 Å². The van der Waals surface area contributed by atoms with Gasteiger partial charge in [-0.05, 0) is 30.7 Å². The van der Waals surface area contributed by atoms with Gasteiger partial charge in [-0.2, -0.15) is 0 Å². The average Bonchev–Trinajstić information content (AvgIpc) is 2.23. The molecule has 0 aromatic rings. The van der Waals surface area contributed by atoms with Crippen molar-refractivity contribution in [3.8, 4) is 0 Å². The monoisotopic (exact) mass is 336 g/mol. The van der Waals surface area contributed by atoms with Gasteiger partial charge in [0.05, 0.1) is 6.61 Å². The minimum absolute atomic E-state index is 0.124. The summed E-state index contributed by atoms with van der Waals surface area (Å²) >= 11 is 4.68. The molecule has 0 rings (SSSR count). The van der Waals surface area contributed by atoms with Crippen LogP contribution in [0, 0.1) is 0 Å². The van der Waals surface area contributed by atoms with E-state index in [1.807, 2.05) is 0 Å². The SMILES string of the molecule is C=C(Br)CC(CCCCC(=O)OCC)SC(C)=O. The van der Waals surface area contributed by atoms with Crippen LogP contribution < -0.4 is 0 Å². The van der Waals surface area contributed by atoms with Crippen LogP contribution in [-0.2, 0) is 14.3 Å². The van der Waals surface area contributed by atoms with Crippen LogP contribution >= 0.6 is 27.7 Å². The molecule has 0 aliphatic rings. The maximum absolute atomic E-state index is 11.1. The van der Waals surface area contributed by atoms with Gasteiger partial charge in [-0.25, -0.2) is 0 Å². The number of halogens is 1. The first-order valence-corrected chi connectivity index (χ1v) is 7.79. The summed E-state index contributed by atoms with van der Waals surface area (Å²) in [6, 6.07) is 0. The first kappa shape index (κ1) is 17.7. The molecule has 0 spiro atoms. The molecule has 3 nitrogen and oxygen atoms in total. The molecule has 0 aromatic carbocycles. The Kier molecular flexibility index (Phi) is 10.4. The van der Waals surface area contributed by atoms with Crippen molar-refractivity contribution in [2.45, 2.75) is 51.2 Å². The Labute approximate surface area is 122 Å². The van der Waals surface area contributed by atoms with Crippen molar-refractivity contribution < 1.29 is 14.3 Å². The minimum Gasteiger partial charge on any atom is -0.466 e. The van der Waals surface area contributed by atoms with E-state index in [9.17, 15) is 9.59 Å². The van der Waals surface area contributed by atoms with Gasteiger partial charge in [0.15, 0.2) is 5.12 Å². The Hall–Kier alpha value is -0.290. The van der Waals surface area contributed by atoms with Gasteiger partial charge in [0.25, 0.3) is 0 Å².